The average Bonchev–Trinajstić information content (AvgIpc) is 3.56. The maximum atomic E-state index is 13.4. The maximum Gasteiger partial charge on any atom is 0.309 e. The number of hydrogen-bond donors (Lipinski definition) is 0. The van der Waals surface area contributed by atoms with Crippen molar-refractivity contribution in [2.75, 3.05) is 0 Å². The molecule has 4 aliphatic carbocycles. The number of ether oxygens (including phenoxy) is 3. The molecule has 2 saturated heterocycles. The van der Waals surface area contributed by atoms with E-state index in [9.17, 15) is 19.2 Å². The van der Waals surface area contributed by atoms with Crippen molar-refractivity contribution in [2.45, 2.75) is 84.0 Å². The van der Waals surface area contributed by atoms with Crippen LogP contribution in [0, 0.1) is 53.3 Å². The molecule has 6 rings (SSSR count). The Morgan fingerprint density at radius 3 is 2.38 bits per heavy atom. The molecule has 0 bridgehead atoms. The predicted octanol–water partition coefficient (Wildman–Crippen LogP) is 4.75. The quantitative estimate of drug-likeness (QED) is 0.292. The molecular weight excluding hydrogens is 496 g/mol. The zero-order valence-corrected chi connectivity index (χ0v) is 23.2. The zero-order chi connectivity index (χ0) is 27.7. The van der Waals surface area contributed by atoms with E-state index in [1.165, 1.54) is 12.5 Å². The third-order valence-corrected chi connectivity index (χ3v) is 11.1. The number of ketones is 1. The van der Waals surface area contributed by atoms with Crippen LogP contribution in [0.5, 0.6) is 0 Å². The molecule has 0 amide bonds. The minimum Gasteiger partial charge on any atom is -0.461 e. The number of carbonyl (C=O) groups excluding carboxylic acids is 4. The summed E-state index contributed by atoms with van der Waals surface area (Å²) in [4.78, 5) is 50.5. The van der Waals surface area contributed by atoms with Crippen LogP contribution >= 0.6 is 0 Å². The molecule has 0 spiro atoms. The van der Waals surface area contributed by atoms with Crippen LogP contribution < -0.4 is 0 Å². The summed E-state index contributed by atoms with van der Waals surface area (Å²) in [6.45, 7) is 14.0. The Bertz CT molecular complexity index is 1170. The minimum atomic E-state index is -0.425. The van der Waals surface area contributed by atoms with E-state index in [1.54, 1.807) is 0 Å². The molecule has 4 saturated carbocycles. The van der Waals surface area contributed by atoms with Crippen LogP contribution in [-0.2, 0) is 33.4 Å². The highest BCUT2D eigenvalue weighted by molar-refractivity contribution is 5.85. The van der Waals surface area contributed by atoms with Crippen molar-refractivity contribution in [3.63, 3.8) is 0 Å². The number of carbonyl (C=O) groups is 4. The second kappa shape index (κ2) is 9.74. The fourth-order valence-electron chi connectivity index (χ4n) is 8.99. The lowest BCUT2D eigenvalue weighted by Gasteiger charge is -2.30. The van der Waals surface area contributed by atoms with Gasteiger partial charge in [-0.05, 0) is 55.9 Å². The van der Waals surface area contributed by atoms with Gasteiger partial charge in [-0.1, -0.05) is 44.2 Å². The van der Waals surface area contributed by atoms with Gasteiger partial charge in [0.2, 0.25) is 0 Å². The third-order valence-electron chi connectivity index (χ3n) is 11.1. The molecule has 0 aromatic carbocycles. The second-order valence-electron chi connectivity index (χ2n) is 13.0. The first-order chi connectivity index (χ1) is 18.6. The SMILES string of the molecule is C=C1CC[C@H]2[C@@H](OC(=O)[C@@H]2C)[C@H]2[C@@H]1CC(=O)[C@@H]2C/C=C1\CC[C@H]2C(=C)[C@H](OC(C)=O)C[C@@H]3[C@H](OC(=O)[C@H]3C)[C@@H]12. The van der Waals surface area contributed by atoms with Crippen molar-refractivity contribution in [1.82, 2.24) is 0 Å². The molecule has 0 N–H and O–H groups in total. The van der Waals surface area contributed by atoms with E-state index in [0.29, 0.717) is 19.3 Å². The first-order valence-electron chi connectivity index (χ1n) is 14.7. The number of allylic oxidation sites excluding steroid dienone is 2. The molecule has 7 nitrogen and oxygen atoms in total. The molecule has 0 aromatic rings. The van der Waals surface area contributed by atoms with Crippen LogP contribution in [0.2, 0.25) is 0 Å². The Morgan fingerprint density at radius 1 is 0.974 bits per heavy atom. The largest absolute Gasteiger partial charge is 0.461 e. The molecule has 6 aliphatic rings. The monoisotopic (exact) mass is 536 g/mol. The van der Waals surface area contributed by atoms with E-state index < -0.39 is 6.10 Å². The molecule has 12 atom stereocenters. The first-order valence-corrected chi connectivity index (χ1v) is 14.7. The molecule has 6 fully saturated rings. The third kappa shape index (κ3) is 4.22. The summed E-state index contributed by atoms with van der Waals surface area (Å²) in [6, 6.07) is 0. The van der Waals surface area contributed by atoms with E-state index in [-0.39, 0.29) is 89.2 Å². The zero-order valence-electron chi connectivity index (χ0n) is 23.2. The second-order valence-corrected chi connectivity index (χ2v) is 13.0. The molecule has 0 unspecified atom stereocenters. The topological polar surface area (TPSA) is 96.0 Å². The number of fused-ring (bicyclic) bond motifs is 6. The van der Waals surface area contributed by atoms with Gasteiger partial charge < -0.3 is 14.2 Å². The van der Waals surface area contributed by atoms with E-state index in [4.69, 9.17) is 14.2 Å². The standard InChI is InChI=1S/C32H40O7/c1-14-6-9-21-16(3)31(35)38-29(21)28-22(25(34)12-23(14)28)11-8-19-7-10-20-15(2)26(37-18(5)33)13-24-17(4)32(36)39-30(24)27(19)20/h8,16-17,20-24,26-30H,1-2,6-7,9-13H2,3-5H3/b19-8+/t16-,17+,20+,21-,22+,23-,24+,26-,27+,28-,29-,30+/m1/s1. The Balaban J connectivity index is 1.29. The summed E-state index contributed by atoms with van der Waals surface area (Å²) < 4.78 is 17.6. The summed E-state index contributed by atoms with van der Waals surface area (Å²) in [6.07, 6.45) is 6.27. The van der Waals surface area contributed by atoms with Gasteiger partial charge in [-0.15, -0.1) is 0 Å². The van der Waals surface area contributed by atoms with Crippen LogP contribution in [0.25, 0.3) is 0 Å². The Hall–Kier alpha value is -2.70. The number of rotatable bonds is 3. The lowest BCUT2D eigenvalue weighted by molar-refractivity contribution is -0.147. The van der Waals surface area contributed by atoms with Crippen molar-refractivity contribution in [2.24, 2.45) is 53.3 Å². The van der Waals surface area contributed by atoms with Gasteiger partial charge >= 0.3 is 17.9 Å². The van der Waals surface area contributed by atoms with Crippen LogP contribution in [0.4, 0.5) is 0 Å². The lowest BCUT2D eigenvalue weighted by Crippen LogP contribution is -2.34. The molecule has 39 heavy (non-hydrogen) atoms. The summed E-state index contributed by atoms with van der Waals surface area (Å²) in [5.74, 6) is -0.958. The van der Waals surface area contributed by atoms with Gasteiger partial charge in [0, 0.05) is 42.9 Å². The molecular formula is C32H40O7. The van der Waals surface area contributed by atoms with Crippen molar-refractivity contribution in [3.05, 3.63) is 36.0 Å². The Labute approximate surface area is 230 Å². The summed E-state index contributed by atoms with van der Waals surface area (Å²) in [7, 11) is 0. The van der Waals surface area contributed by atoms with Gasteiger partial charge in [-0.25, -0.2) is 0 Å². The average molecular weight is 537 g/mol. The minimum absolute atomic E-state index is 0.0227. The van der Waals surface area contributed by atoms with E-state index in [1.807, 2.05) is 13.8 Å². The fraction of sp³-hybridized carbons (Fsp3) is 0.688. The van der Waals surface area contributed by atoms with Gasteiger partial charge in [0.1, 0.15) is 24.1 Å². The molecule has 7 heteroatoms. The number of esters is 3. The van der Waals surface area contributed by atoms with Gasteiger partial charge in [0.15, 0.2) is 0 Å². The van der Waals surface area contributed by atoms with Crippen LogP contribution in [0.1, 0.15) is 65.7 Å². The highest BCUT2D eigenvalue weighted by Crippen LogP contribution is 2.55. The molecule has 210 valence electrons. The molecule has 2 heterocycles. The summed E-state index contributed by atoms with van der Waals surface area (Å²) >= 11 is 0. The highest BCUT2D eigenvalue weighted by atomic mass is 16.6. The highest BCUT2D eigenvalue weighted by Gasteiger charge is 2.57. The van der Waals surface area contributed by atoms with Crippen molar-refractivity contribution >= 4 is 23.7 Å². The summed E-state index contributed by atoms with van der Waals surface area (Å²) in [5.41, 5.74) is 3.23. The van der Waals surface area contributed by atoms with Crippen LogP contribution in [0.3, 0.4) is 0 Å². The van der Waals surface area contributed by atoms with Crippen molar-refractivity contribution in [1.29, 1.82) is 0 Å². The van der Waals surface area contributed by atoms with Gasteiger partial charge in [0.25, 0.3) is 0 Å². The fourth-order valence-corrected chi connectivity index (χ4v) is 8.99. The molecule has 2 aliphatic heterocycles. The number of Topliss-reactive ketones (excluding diaryl/α,β-unsaturated/α-hetero) is 1. The van der Waals surface area contributed by atoms with Crippen LogP contribution in [0.15, 0.2) is 36.0 Å². The first kappa shape index (κ1) is 26.5. The van der Waals surface area contributed by atoms with E-state index in [0.717, 1.165) is 36.8 Å². The van der Waals surface area contributed by atoms with E-state index >= 15 is 0 Å². The molecule has 0 aromatic heterocycles. The predicted molar refractivity (Wildman–Crippen MR) is 142 cm³/mol. The van der Waals surface area contributed by atoms with Gasteiger partial charge in [0.05, 0.1) is 11.8 Å². The number of hydrogen-bond acceptors (Lipinski definition) is 7. The van der Waals surface area contributed by atoms with Crippen molar-refractivity contribution < 1.29 is 33.4 Å². The van der Waals surface area contributed by atoms with Gasteiger partial charge in [-0.2, -0.15) is 0 Å². The summed E-state index contributed by atoms with van der Waals surface area (Å²) in [5, 5.41) is 0. The lowest BCUT2D eigenvalue weighted by atomic mass is 9.76. The Morgan fingerprint density at radius 2 is 1.67 bits per heavy atom. The van der Waals surface area contributed by atoms with Gasteiger partial charge in [-0.3, -0.25) is 19.2 Å². The smallest absolute Gasteiger partial charge is 0.309 e. The maximum absolute atomic E-state index is 13.4. The van der Waals surface area contributed by atoms with Crippen LogP contribution in [-0.4, -0.2) is 42.0 Å². The van der Waals surface area contributed by atoms with E-state index in [2.05, 4.69) is 19.2 Å². The Kier molecular flexibility index (Phi) is 6.62. The molecule has 0 radical (unpaired) electrons. The van der Waals surface area contributed by atoms with Crippen molar-refractivity contribution in [3.8, 4) is 0 Å². The normalized spacial score (nSPS) is 46.1.